The summed E-state index contributed by atoms with van der Waals surface area (Å²) in [6.07, 6.45) is 0. The summed E-state index contributed by atoms with van der Waals surface area (Å²) in [6, 6.07) is 16.7. The number of halogens is 1. The molecule has 0 saturated carbocycles. The summed E-state index contributed by atoms with van der Waals surface area (Å²) in [7, 11) is 0. The monoisotopic (exact) mass is 311 g/mol. The summed E-state index contributed by atoms with van der Waals surface area (Å²) in [5, 5.41) is 2.49. The fraction of sp³-hybridized carbons (Fsp3) is 0.118. The van der Waals surface area contributed by atoms with Gasteiger partial charge in [0, 0.05) is 21.1 Å². The molecule has 0 saturated heterocycles. The average molecular weight is 312 g/mol. The minimum absolute atomic E-state index is 1.07. The summed E-state index contributed by atoms with van der Waals surface area (Å²) in [5.74, 6) is 0. The van der Waals surface area contributed by atoms with Crippen LogP contribution in [0, 0.1) is 13.8 Å². The third-order valence-electron chi connectivity index (χ3n) is 3.46. The van der Waals surface area contributed by atoms with E-state index in [9.17, 15) is 0 Å². The molecule has 19 heavy (non-hydrogen) atoms. The first-order valence-corrected chi connectivity index (χ1v) is 7.08. The molecular formula is C17H14BrN. The zero-order valence-corrected chi connectivity index (χ0v) is 12.5. The molecular weight excluding hydrogens is 298 g/mol. The zero-order chi connectivity index (χ0) is 13.4. The minimum atomic E-state index is 1.07. The highest BCUT2D eigenvalue weighted by molar-refractivity contribution is 9.10. The Morgan fingerprint density at radius 2 is 1.63 bits per heavy atom. The van der Waals surface area contributed by atoms with Gasteiger partial charge in [-0.1, -0.05) is 52.3 Å². The van der Waals surface area contributed by atoms with Crippen molar-refractivity contribution in [1.82, 2.24) is 4.98 Å². The number of hydrogen-bond donors (Lipinski definition) is 0. The first kappa shape index (κ1) is 12.4. The lowest BCUT2D eigenvalue weighted by Crippen LogP contribution is -1.94. The molecule has 0 N–H and O–H groups in total. The molecule has 3 rings (SSSR count). The van der Waals surface area contributed by atoms with Crippen LogP contribution in [-0.2, 0) is 0 Å². The van der Waals surface area contributed by atoms with Gasteiger partial charge in [-0.2, -0.15) is 0 Å². The first-order valence-electron chi connectivity index (χ1n) is 6.28. The number of nitrogens with zero attached hydrogens (tertiary/aromatic N) is 1. The number of hydrogen-bond acceptors (Lipinski definition) is 1. The molecule has 1 aromatic heterocycles. The molecule has 0 aliphatic rings. The van der Waals surface area contributed by atoms with Crippen LogP contribution < -0.4 is 0 Å². The lowest BCUT2D eigenvalue weighted by atomic mass is 9.99. The molecule has 0 aliphatic carbocycles. The number of rotatable bonds is 1. The molecule has 0 radical (unpaired) electrons. The molecule has 0 atom stereocenters. The molecule has 2 aromatic carbocycles. The van der Waals surface area contributed by atoms with Gasteiger partial charge in [-0.3, -0.25) is 4.98 Å². The second-order valence-corrected chi connectivity index (χ2v) is 5.64. The summed E-state index contributed by atoms with van der Waals surface area (Å²) < 4.78 is 1.10. The SMILES string of the molecule is Cc1nc(-c2ccccc2)c(C)c2cc(Br)ccc12. The molecule has 2 heteroatoms. The van der Waals surface area contributed by atoms with E-state index in [1.54, 1.807) is 0 Å². The Bertz CT molecular complexity index is 748. The van der Waals surface area contributed by atoms with Crippen molar-refractivity contribution in [3.8, 4) is 11.3 Å². The van der Waals surface area contributed by atoms with Crippen molar-refractivity contribution in [2.24, 2.45) is 0 Å². The number of aromatic nitrogens is 1. The molecule has 0 spiro atoms. The van der Waals surface area contributed by atoms with Gasteiger partial charge in [-0.05, 0) is 36.9 Å². The van der Waals surface area contributed by atoms with Gasteiger partial charge in [0.1, 0.15) is 0 Å². The van der Waals surface area contributed by atoms with E-state index in [0.29, 0.717) is 0 Å². The number of benzene rings is 2. The lowest BCUT2D eigenvalue weighted by molar-refractivity contribution is 1.21. The highest BCUT2D eigenvalue weighted by Crippen LogP contribution is 2.31. The van der Waals surface area contributed by atoms with Crippen LogP contribution in [0.1, 0.15) is 11.3 Å². The van der Waals surface area contributed by atoms with E-state index in [2.05, 4.69) is 72.2 Å². The highest BCUT2D eigenvalue weighted by atomic mass is 79.9. The molecule has 0 amide bonds. The molecule has 1 nitrogen and oxygen atoms in total. The van der Waals surface area contributed by atoms with E-state index in [4.69, 9.17) is 4.98 Å². The summed E-state index contributed by atoms with van der Waals surface area (Å²) >= 11 is 3.55. The molecule has 0 aliphatic heterocycles. The van der Waals surface area contributed by atoms with Gasteiger partial charge in [0.2, 0.25) is 0 Å². The third-order valence-corrected chi connectivity index (χ3v) is 3.95. The maximum atomic E-state index is 4.79. The van der Waals surface area contributed by atoms with Crippen LogP contribution in [-0.4, -0.2) is 4.98 Å². The van der Waals surface area contributed by atoms with Crippen LogP contribution in [0.25, 0.3) is 22.0 Å². The third kappa shape index (κ3) is 2.17. The molecule has 0 bridgehead atoms. The van der Waals surface area contributed by atoms with Crippen molar-refractivity contribution in [3.05, 3.63) is 64.3 Å². The van der Waals surface area contributed by atoms with E-state index in [-0.39, 0.29) is 0 Å². The molecule has 1 heterocycles. The van der Waals surface area contributed by atoms with E-state index in [0.717, 1.165) is 15.9 Å². The van der Waals surface area contributed by atoms with E-state index in [1.807, 2.05) is 6.07 Å². The maximum absolute atomic E-state index is 4.79. The van der Waals surface area contributed by atoms with Crippen molar-refractivity contribution in [1.29, 1.82) is 0 Å². The standard InChI is InChI=1S/C17H14BrN/c1-11-16-10-14(18)8-9-15(16)12(2)19-17(11)13-6-4-3-5-7-13/h3-10H,1-2H3. The second kappa shape index (κ2) is 4.78. The number of pyridine rings is 1. The Morgan fingerprint density at radius 1 is 0.895 bits per heavy atom. The Hall–Kier alpha value is -1.67. The van der Waals surface area contributed by atoms with Crippen LogP contribution in [0.2, 0.25) is 0 Å². The van der Waals surface area contributed by atoms with E-state index < -0.39 is 0 Å². The Morgan fingerprint density at radius 3 is 2.37 bits per heavy atom. The quantitative estimate of drug-likeness (QED) is 0.595. The zero-order valence-electron chi connectivity index (χ0n) is 10.9. The summed E-state index contributed by atoms with van der Waals surface area (Å²) in [6.45, 7) is 4.21. The fourth-order valence-corrected chi connectivity index (χ4v) is 2.82. The van der Waals surface area contributed by atoms with Crippen molar-refractivity contribution >= 4 is 26.7 Å². The van der Waals surface area contributed by atoms with Gasteiger partial charge in [-0.25, -0.2) is 0 Å². The van der Waals surface area contributed by atoms with Crippen LogP contribution in [0.3, 0.4) is 0 Å². The highest BCUT2D eigenvalue weighted by Gasteiger charge is 2.10. The van der Waals surface area contributed by atoms with E-state index >= 15 is 0 Å². The smallest absolute Gasteiger partial charge is 0.0740 e. The van der Waals surface area contributed by atoms with Gasteiger partial charge in [0.25, 0.3) is 0 Å². The van der Waals surface area contributed by atoms with Gasteiger partial charge >= 0.3 is 0 Å². The molecule has 94 valence electrons. The predicted molar refractivity (Wildman–Crippen MR) is 84.4 cm³/mol. The largest absolute Gasteiger partial charge is 0.252 e. The summed E-state index contributed by atoms with van der Waals surface area (Å²) in [5.41, 5.74) is 4.55. The maximum Gasteiger partial charge on any atom is 0.0740 e. The molecule has 3 aromatic rings. The normalized spacial score (nSPS) is 10.9. The van der Waals surface area contributed by atoms with Crippen molar-refractivity contribution in [2.75, 3.05) is 0 Å². The Balaban J connectivity index is 2.36. The number of aryl methyl sites for hydroxylation is 2. The predicted octanol–water partition coefficient (Wildman–Crippen LogP) is 5.28. The Labute approximate surface area is 121 Å². The molecule has 0 fully saturated rings. The van der Waals surface area contributed by atoms with Crippen LogP contribution in [0.15, 0.2) is 53.0 Å². The van der Waals surface area contributed by atoms with Gasteiger partial charge in [-0.15, -0.1) is 0 Å². The topological polar surface area (TPSA) is 12.9 Å². The van der Waals surface area contributed by atoms with Crippen LogP contribution in [0.5, 0.6) is 0 Å². The van der Waals surface area contributed by atoms with Gasteiger partial charge in [0.05, 0.1) is 5.69 Å². The first-order chi connectivity index (χ1) is 9.16. The van der Waals surface area contributed by atoms with E-state index in [1.165, 1.54) is 21.9 Å². The second-order valence-electron chi connectivity index (χ2n) is 4.73. The minimum Gasteiger partial charge on any atom is -0.252 e. The van der Waals surface area contributed by atoms with Crippen molar-refractivity contribution in [2.45, 2.75) is 13.8 Å². The summed E-state index contributed by atoms with van der Waals surface area (Å²) in [4.78, 5) is 4.79. The number of fused-ring (bicyclic) bond motifs is 1. The van der Waals surface area contributed by atoms with Crippen molar-refractivity contribution in [3.63, 3.8) is 0 Å². The van der Waals surface area contributed by atoms with Crippen LogP contribution in [0.4, 0.5) is 0 Å². The van der Waals surface area contributed by atoms with Gasteiger partial charge < -0.3 is 0 Å². The molecule has 0 unspecified atom stereocenters. The van der Waals surface area contributed by atoms with Gasteiger partial charge in [0.15, 0.2) is 0 Å². The Kier molecular flexibility index (Phi) is 3.11. The van der Waals surface area contributed by atoms with Crippen LogP contribution >= 0.6 is 15.9 Å². The lowest BCUT2D eigenvalue weighted by Gasteiger charge is -2.12. The fourth-order valence-electron chi connectivity index (χ4n) is 2.46. The van der Waals surface area contributed by atoms with Crippen molar-refractivity contribution < 1.29 is 0 Å². The average Bonchev–Trinajstić information content (AvgIpc) is 2.43.